The third-order valence-electron chi connectivity index (χ3n) is 3.84. The molecule has 6 heteroatoms. The first kappa shape index (κ1) is 14.3. The molecule has 0 bridgehead atoms. The second kappa shape index (κ2) is 4.78. The van der Waals surface area contributed by atoms with Gasteiger partial charge in [-0.1, -0.05) is 6.07 Å². The van der Waals surface area contributed by atoms with Crippen LogP contribution >= 0.6 is 0 Å². The van der Waals surface area contributed by atoms with Crippen molar-refractivity contribution in [2.45, 2.75) is 45.5 Å². The van der Waals surface area contributed by atoms with E-state index in [-0.39, 0.29) is 6.61 Å². The monoisotopic (exact) mass is 265 g/mol. The fraction of sp³-hybridized carbons (Fsp3) is 0.615. The predicted molar refractivity (Wildman–Crippen MR) is 72.4 cm³/mol. The molecule has 5 nitrogen and oxygen atoms in total. The average molecular weight is 265 g/mol. The van der Waals surface area contributed by atoms with Crippen LogP contribution in [0.1, 0.15) is 33.3 Å². The number of hydrogen-bond acceptors (Lipinski definition) is 5. The summed E-state index contributed by atoms with van der Waals surface area (Å²) in [7, 11) is 1.05. The van der Waals surface area contributed by atoms with Crippen molar-refractivity contribution in [2.24, 2.45) is 0 Å². The minimum Gasteiger partial charge on any atom is -0.481 e. The van der Waals surface area contributed by atoms with Gasteiger partial charge in [0.05, 0.1) is 24.9 Å². The van der Waals surface area contributed by atoms with Crippen LogP contribution in [0.5, 0.6) is 5.88 Å². The summed E-state index contributed by atoms with van der Waals surface area (Å²) in [5.74, 6) is 0.419. The molecule has 1 aromatic rings. The Balaban J connectivity index is 2.30. The minimum atomic E-state index is -0.478. The predicted octanol–water partition coefficient (Wildman–Crippen LogP) is 0.882. The van der Waals surface area contributed by atoms with Gasteiger partial charge in [-0.15, -0.1) is 0 Å². The van der Waals surface area contributed by atoms with Gasteiger partial charge >= 0.3 is 7.12 Å². The Labute approximate surface area is 114 Å². The summed E-state index contributed by atoms with van der Waals surface area (Å²) in [5, 5.41) is 9.32. The molecule has 2 rings (SSSR count). The maximum Gasteiger partial charge on any atom is 0.496 e. The summed E-state index contributed by atoms with van der Waals surface area (Å²) >= 11 is 0. The number of pyridine rings is 1. The Bertz CT molecular complexity index is 460. The van der Waals surface area contributed by atoms with Crippen molar-refractivity contribution in [3.05, 3.63) is 17.8 Å². The van der Waals surface area contributed by atoms with E-state index < -0.39 is 18.3 Å². The second-order valence-electron chi connectivity index (χ2n) is 5.68. The van der Waals surface area contributed by atoms with Gasteiger partial charge in [-0.2, -0.15) is 0 Å². The lowest BCUT2D eigenvalue weighted by atomic mass is 9.80. The van der Waals surface area contributed by atoms with Crippen molar-refractivity contribution >= 4 is 12.6 Å². The zero-order valence-electron chi connectivity index (χ0n) is 12.1. The average Bonchev–Trinajstić information content (AvgIpc) is 2.57. The van der Waals surface area contributed by atoms with E-state index in [1.807, 2.05) is 27.7 Å². The highest BCUT2D eigenvalue weighted by atomic mass is 16.7. The number of aromatic nitrogens is 1. The molecule has 0 amide bonds. The highest BCUT2D eigenvalue weighted by Crippen LogP contribution is 2.36. The normalized spacial score (nSPS) is 20.6. The first-order valence-electron chi connectivity index (χ1n) is 6.30. The Hall–Kier alpha value is -1.11. The van der Waals surface area contributed by atoms with Crippen LogP contribution in [0.15, 0.2) is 12.3 Å². The third kappa shape index (κ3) is 2.48. The van der Waals surface area contributed by atoms with Gasteiger partial charge in [0.2, 0.25) is 5.88 Å². The van der Waals surface area contributed by atoms with Gasteiger partial charge in [0.15, 0.2) is 0 Å². The summed E-state index contributed by atoms with van der Waals surface area (Å²) in [6.07, 6.45) is 1.65. The molecule has 1 aromatic heterocycles. The number of rotatable bonds is 3. The van der Waals surface area contributed by atoms with Gasteiger partial charge in [-0.05, 0) is 27.7 Å². The van der Waals surface area contributed by atoms with Crippen molar-refractivity contribution in [1.82, 2.24) is 4.98 Å². The van der Waals surface area contributed by atoms with E-state index in [9.17, 15) is 5.11 Å². The Morgan fingerprint density at radius 3 is 2.32 bits per heavy atom. The van der Waals surface area contributed by atoms with Crippen LogP contribution in [-0.2, 0) is 15.9 Å². The Morgan fingerprint density at radius 2 is 1.84 bits per heavy atom. The number of hydrogen-bond donors (Lipinski definition) is 1. The molecular weight excluding hydrogens is 245 g/mol. The van der Waals surface area contributed by atoms with Gasteiger partial charge in [0, 0.05) is 17.2 Å². The number of aliphatic hydroxyl groups excluding tert-OH is 1. The molecule has 19 heavy (non-hydrogen) atoms. The molecule has 0 unspecified atom stereocenters. The summed E-state index contributed by atoms with van der Waals surface area (Å²) in [5.41, 5.74) is 0.617. The van der Waals surface area contributed by atoms with E-state index in [0.717, 1.165) is 5.46 Å². The smallest absolute Gasteiger partial charge is 0.481 e. The first-order chi connectivity index (χ1) is 8.80. The van der Waals surface area contributed by atoms with Crippen molar-refractivity contribution in [1.29, 1.82) is 0 Å². The molecule has 2 heterocycles. The highest BCUT2D eigenvalue weighted by Gasteiger charge is 2.51. The zero-order chi connectivity index (χ0) is 14.3. The number of ether oxygens (including phenoxy) is 1. The maximum absolute atomic E-state index is 9.32. The van der Waals surface area contributed by atoms with E-state index in [1.165, 1.54) is 7.11 Å². The molecule has 0 radical (unpaired) electrons. The zero-order valence-corrected chi connectivity index (χ0v) is 12.1. The lowest BCUT2D eigenvalue weighted by Crippen LogP contribution is -2.41. The van der Waals surface area contributed by atoms with Gasteiger partial charge < -0.3 is 19.2 Å². The maximum atomic E-state index is 9.32. The number of nitrogens with zero attached hydrogens (tertiary/aromatic N) is 1. The van der Waals surface area contributed by atoms with Gasteiger partial charge in [0.25, 0.3) is 0 Å². The summed E-state index contributed by atoms with van der Waals surface area (Å²) in [6, 6.07) is 1.80. The van der Waals surface area contributed by atoms with Crippen molar-refractivity contribution < 1.29 is 19.2 Å². The molecule has 1 saturated heterocycles. The Kier molecular flexibility index (Phi) is 3.60. The van der Waals surface area contributed by atoms with Crippen molar-refractivity contribution in [2.75, 3.05) is 7.11 Å². The van der Waals surface area contributed by atoms with Crippen LogP contribution in [-0.4, -0.2) is 35.5 Å². The van der Waals surface area contributed by atoms with Crippen LogP contribution in [0.2, 0.25) is 0 Å². The van der Waals surface area contributed by atoms with Gasteiger partial charge in [0.1, 0.15) is 0 Å². The van der Waals surface area contributed by atoms with Crippen molar-refractivity contribution in [3.63, 3.8) is 0 Å². The second-order valence-corrected chi connectivity index (χ2v) is 5.68. The van der Waals surface area contributed by atoms with E-state index in [1.54, 1.807) is 12.3 Å². The first-order valence-corrected chi connectivity index (χ1v) is 6.30. The van der Waals surface area contributed by atoms with Crippen LogP contribution in [0, 0.1) is 0 Å². The number of methoxy groups -OCH3 is 1. The molecule has 1 aliphatic heterocycles. The van der Waals surface area contributed by atoms with E-state index >= 15 is 0 Å². The summed E-state index contributed by atoms with van der Waals surface area (Å²) in [4.78, 5) is 4.17. The fourth-order valence-electron chi connectivity index (χ4n) is 1.92. The molecule has 104 valence electrons. The van der Waals surface area contributed by atoms with Crippen LogP contribution in [0.4, 0.5) is 0 Å². The van der Waals surface area contributed by atoms with Crippen LogP contribution in [0.3, 0.4) is 0 Å². The van der Waals surface area contributed by atoms with E-state index in [0.29, 0.717) is 11.4 Å². The van der Waals surface area contributed by atoms with Gasteiger partial charge in [-0.3, -0.25) is 0 Å². The minimum absolute atomic E-state index is 0.135. The Morgan fingerprint density at radius 1 is 1.26 bits per heavy atom. The molecule has 0 aliphatic carbocycles. The SMILES string of the molecule is COc1ncc(B2OC(C)(C)C(C)(C)O2)cc1CO. The molecular formula is C13H20BNO4. The highest BCUT2D eigenvalue weighted by molar-refractivity contribution is 6.62. The summed E-state index contributed by atoms with van der Waals surface area (Å²) < 4.78 is 17.0. The van der Waals surface area contributed by atoms with Crippen LogP contribution in [0.25, 0.3) is 0 Å². The quantitative estimate of drug-likeness (QED) is 0.822. The summed E-state index contributed by atoms with van der Waals surface area (Å²) in [6.45, 7) is 7.85. The van der Waals surface area contributed by atoms with E-state index in [2.05, 4.69) is 4.98 Å². The third-order valence-corrected chi connectivity index (χ3v) is 3.84. The van der Waals surface area contributed by atoms with E-state index in [4.69, 9.17) is 14.0 Å². The molecule has 1 N–H and O–H groups in total. The molecule has 0 atom stereocenters. The molecule has 1 aliphatic rings. The molecule has 0 aromatic carbocycles. The largest absolute Gasteiger partial charge is 0.496 e. The molecule has 0 saturated carbocycles. The molecule has 1 fully saturated rings. The number of aliphatic hydroxyl groups is 1. The van der Waals surface area contributed by atoms with Crippen LogP contribution < -0.4 is 10.2 Å². The standard InChI is InChI=1S/C13H20BNO4/c1-12(2)13(3,4)19-14(18-12)10-6-9(8-16)11(17-5)15-7-10/h6-7,16H,8H2,1-5H3. The van der Waals surface area contributed by atoms with Crippen molar-refractivity contribution in [3.8, 4) is 5.88 Å². The topological polar surface area (TPSA) is 60.8 Å². The fourth-order valence-corrected chi connectivity index (χ4v) is 1.92. The molecule has 0 spiro atoms. The lowest BCUT2D eigenvalue weighted by Gasteiger charge is -2.32. The van der Waals surface area contributed by atoms with Gasteiger partial charge in [-0.25, -0.2) is 4.98 Å². The lowest BCUT2D eigenvalue weighted by molar-refractivity contribution is 0.00578.